The van der Waals surface area contributed by atoms with Crippen molar-refractivity contribution in [1.82, 2.24) is 5.32 Å². The van der Waals surface area contributed by atoms with Gasteiger partial charge in [0.05, 0.1) is 10.0 Å². The molecule has 0 heterocycles. The van der Waals surface area contributed by atoms with Gasteiger partial charge in [0.1, 0.15) is 0 Å². The van der Waals surface area contributed by atoms with Gasteiger partial charge in [0.25, 0.3) is 0 Å². The molecule has 3 rings (SSSR count). The van der Waals surface area contributed by atoms with E-state index in [1.165, 1.54) is 24.0 Å². The number of nitrogens with one attached hydrogen (secondary N) is 1. The molecule has 23 heavy (non-hydrogen) atoms. The van der Waals surface area contributed by atoms with Gasteiger partial charge in [-0.15, -0.1) is 0 Å². The van der Waals surface area contributed by atoms with Gasteiger partial charge in [-0.1, -0.05) is 53.5 Å². The number of hydrogen-bond acceptors (Lipinski definition) is 2. The minimum atomic E-state index is 0.323. The van der Waals surface area contributed by atoms with Crippen molar-refractivity contribution in [3.8, 4) is 0 Å². The quantitative estimate of drug-likeness (QED) is 0.820. The first-order valence-electron chi connectivity index (χ1n) is 8.10. The molecule has 1 atom stereocenters. The van der Waals surface area contributed by atoms with Crippen LogP contribution in [-0.4, -0.2) is 12.6 Å². The molecule has 122 valence electrons. The molecule has 0 spiro atoms. The summed E-state index contributed by atoms with van der Waals surface area (Å²) in [6.07, 6.45) is 3.44. The predicted molar refractivity (Wildman–Crippen MR) is 98.1 cm³/mol. The number of benzene rings is 2. The van der Waals surface area contributed by atoms with E-state index < -0.39 is 0 Å². The van der Waals surface area contributed by atoms with E-state index in [1.807, 2.05) is 18.2 Å². The van der Waals surface area contributed by atoms with Crippen LogP contribution in [0, 0.1) is 5.92 Å². The summed E-state index contributed by atoms with van der Waals surface area (Å²) in [4.78, 5) is 0. The van der Waals surface area contributed by atoms with Gasteiger partial charge in [0.2, 0.25) is 0 Å². The molecule has 2 aromatic carbocycles. The standard InChI is InChI=1S/C19H22Cl2N2/c20-18-6-5-13(10-19(18)21)12-23-17(11-22)9-14-7-15-3-1-2-4-16(15)8-14/h1-6,10,14,17,23H,7-9,11-12,22H2. The van der Waals surface area contributed by atoms with E-state index in [1.54, 1.807) is 0 Å². The average molecular weight is 349 g/mol. The molecule has 4 heteroatoms. The summed E-state index contributed by atoms with van der Waals surface area (Å²) < 4.78 is 0. The van der Waals surface area contributed by atoms with Crippen LogP contribution in [0.4, 0.5) is 0 Å². The van der Waals surface area contributed by atoms with Crippen molar-refractivity contribution in [2.45, 2.75) is 31.8 Å². The molecule has 1 aliphatic carbocycles. The van der Waals surface area contributed by atoms with Crippen molar-refractivity contribution in [2.75, 3.05) is 6.54 Å². The van der Waals surface area contributed by atoms with Gasteiger partial charge in [0, 0.05) is 19.1 Å². The number of halogens is 2. The van der Waals surface area contributed by atoms with Crippen molar-refractivity contribution < 1.29 is 0 Å². The van der Waals surface area contributed by atoms with E-state index in [0.717, 1.165) is 18.5 Å². The normalized spacial score (nSPS) is 15.6. The zero-order valence-corrected chi connectivity index (χ0v) is 14.6. The Labute approximate surface area is 148 Å². The Morgan fingerprint density at radius 2 is 1.74 bits per heavy atom. The highest BCUT2D eigenvalue weighted by molar-refractivity contribution is 6.42. The largest absolute Gasteiger partial charge is 0.329 e. The maximum atomic E-state index is 6.07. The number of nitrogens with two attached hydrogens (primary N) is 1. The molecular formula is C19H22Cl2N2. The average Bonchev–Trinajstić information content (AvgIpc) is 2.97. The summed E-state index contributed by atoms with van der Waals surface area (Å²) in [7, 11) is 0. The fourth-order valence-electron chi connectivity index (χ4n) is 3.39. The molecule has 0 aliphatic heterocycles. The van der Waals surface area contributed by atoms with Crippen molar-refractivity contribution in [1.29, 1.82) is 0 Å². The van der Waals surface area contributed by atoms with Crippen LogP contribution >= 0.6 is 23.2 Å². The lowest BCUT2D eigenvalue weighted by atomic mass is 9.96. The van der Waals surface area contributed by atoms with Crippen molar-refractivity contribution in [2.24, 2.45) is 11.7 Å². The SMILES string of the molecule is NCC(CC1Cc2ccccc2C1)NCc1ccc(Cl)c(Cl)c1. The van der Waals surface area contributed by atoms with E-state index in [4.69, 9.17) is 28.9 Å². The van der Waals surface area contributed by atoms with Gasteiger partial charge in [-0.2, -0.15) is 0 Å². The fourth-order valence-corrected chi connectivity index (χ4v) is 3.71. The monoisotopic (exact) mass is 348 g/mol. The van der Waals surface area contributed by atoms with Crippen LogP contribution in [0.2, 0.25) is 10.0 Å². The van der Waals surface area contributed by atoms with Gasteiger partial charge in [0.15, 0.2) is 0 Å². The first-order chi connectivity index (χ1) is 11.2. The lowest BCUT2D eigenvalue weighted by Gasteiger charge is -2.20. The van der Waals surface area contributed by atoms with Crippen LogP contribution in [-0.2, 0) is 19.4 Å². The zero-order valence-electron chi connectivity index (χ0n) is 13.1. The molecule has 1 unspecified atom stereocenters. The van der Waals surface area contributed by atoms with E-state index in [2.05, 4.69) is 29.6 Å². The van der Waals surface area contributed by atoms with E-state index in [0.29, 0.717) is 28.5 Å². The smallest absolute Gasteiger partial charge is 0.0595 e. The second-order valence-electron chi connectivity index (χ2n) is 6.34. The van der Waals surface area contributed by atoms with Crippen LogP contribution in [0.5, 0.6) is 0 Å². The molecule has 0 saturated heterocycles. The Hall–Kier alpha value is -1.06. The highest BCUT2D eigenvalue weighted by Gasteiger charge is 2.23. The maximum Gasteiger partial charge on any atom is 0.0595 e. The third kappa shape index (κ3) is 4.27. The highest BCUT2D eigenvalue weighted by Crippen LogP contribution is 2.29. The molecule has 1 aliphatic rings. The third-order valence-corrected chi connectivity index (χ3v) is 5.36. The third-order valence-electron chi connectivity index (χ3n) is 4.62. The Kier molecular flexibility index (Phi) is 5.60. The predicted octanol–water partition coefficient (Wildman–Crippen LogP) is 4.22. The lowest BCUT2D eigenvalue weighted by molar-refractivity contribution is 0.395. The first kappa shape index (κ1) is 16.8. The molecular weight excluding hydrogens is 327 g/mol. The van der Waals surface area contributed by atoms with E-state index in [-0.39, 0.29) is 0 Å². The zero-order chi connectivity index (χ0) is 16.2. The van der Waals surface area contributed by atoms with Crippen LogP contribution in [0.25, 0.3) is 0 Å². The van der Waals surface area contributed by atoms with E-state index in [9.17, 15) is 0 Å². The summed E-state index contributed by atoms with van der Waals surface area (Å²) >= 11 is 12.0. The summed E-state index contributed by atoms with van der Waals surface area (Å²) in [5.74, 6) is 0.683. The summed E-state index contributed by atoms with van der Waals surface area (Å²) in [6.45, 7) is 1.41. The molecule has 0 saturated carbocycles. The molecule has 3 N–H and O–H groups in total. The van der Waals surface area contributed by atoms with E-state index >= 15 is 0 Å². The summed E-state index contributed by atoms with van der Waals surface area (Å²) in [6, 6.07) is 14.8. The first-order valence-corrected chi connectivity index (χ1v) is 8.85. The van der Waals surface area contributed by atoms with Crippen LogP contribution in [0.1, 0.15) is 23.1 Å². The van der Waals surface area contributed by atoms with Crippen molar-refractivity contribution in [3.63, 3.8) is 0 Å². The fraction of sp³-hybridized carbons (Fsp3) is 0.368. The molecule has 0 amide bonds. The second-order valence-corrected chi connectivity index (χ2v) is 7.16. The van der Waals surface area contributed by atoms with Crippen LogP contribution in [0.3, 0.4) is 0 Å². The molecule has 2 nitrogen and oxygen atoms in total. The molecule has 0 aromatic heterocycles. The van der Waals surface area contributed by atoms with Gasteiger partial charge >= 0.3 is 0 Å². The minimum Gasteiger partial charge on any atom is -0.329 e. The molecule has 0 bridgehead atoms. The number of rotatable bonds is 6. The minimum absolute atomic E-state index is 0.323. The molecule has 2 aromatic rings. The Balaban J connectivity index is 1.53. The van der Waals surface area contributed by atoms with Crippen molar-refractivity contribution in [3.05, 3.63) is 69.2 Å². The van der Waals surface area contributed by atoms with Gasteiger partial charge in [-0.3, -0.25) is 0 Å². The Bertz CT molecular complexity index is 647. The number of hydrogen-bond donors (Lipinski definition) is 2. The summed E-state index contributed by atoms with van der Waals surface area (Å²) in [5, 5.41) is 4.75. The second kappa shape index (κ2) is 7.67. The topological polar surface area (TPSA) is 38.0 Å². The Morgan fingerprint density at radius 3 is 2.35 bits per heavy atom. The lowest BCUT2D eigenvalue weighted by Crippen LogP contribution is -2.37. The number of fused-ring (bicyclic) bond motifs is 1. The Morgan fingerprint density at radius 1 is 1.04 bits per heavy atom. The van der Waals surface area contributed by atoms with Gasteiger partial charge in [-0.25, -0.2) is 0 Å². The molecule has 0 radical (unpaired) electrons. The van der Waals surface area contributed by atoms with Gasteiger partial charge < -0.3 is 11.1 Å². The van der Waals surface area contributed by atoms with Crippen LogP contribution in [0.15, 0.2) is 42.5 Å². The molecule has 0 fully saturated rings. The van der Waals surface area contributed by atoms with Crippen LogP contribution < -0.4 is 11.1 Å². The van der Waals surface area contributed by atoms with Crippen molar-refractivity contribution >= 4 is 23.2 Å². The maximum absolute atomic E-state index is 6.07. The van der Waals surface area contributed by atoms with Gasteiger partial charge in [-0.05, 0) is 54.0 Å². The summed E-state index contributed by atoms with van der Waals surface area (Å²) in [5.41, 5.74) is 10.1. The highest BCUT2D eigenvalue weighted by atomic mass is 35.5.